The van der Waals surface area contributed by atoms with E-state index in [4.69, 9.17) is 0 Å². The molecule has 2 atom stereocenters. The van der Waals surface area contributed by atoms with E-state index in [-0.39, 0.29) is 11.7 Å². The van der Waals surface area contributed by atoms with Crippen LogP contribution in [-0.4, -0.2) is 0 Å². The Kier molecular flexibility index (Phi) is 5.99. The van der Waals surface area contributed by atoms with Crippen molar-refractivity contribution in [1.29, 1.82) is 0 Å². The number of allylic oxidation sites excluding steroid dienone is 10. The summed E-state index contributed by atoms with van der Waals surface area (Å²) in [5, 5.41) is 0. The fourth-order valence-corrected chi connectivity index (χ4v) is 3.19. The Balaban J connectivity index is 2.02. The summed E-state index contributed by atoms with van der Waals surface area (Å²) in [7, 11) is 0. The predicted octanol–water partition coefficient (Wildman–Crippen LogP) is 6.84. The van der Waals surface area contributed by atoms with Crippen LogP contribution in [0.4, 0.5) is 4.39 Å². The third-order valence-corrected chi connectivity index (χ3v) is 5.02. The second-order valence-corrected chi connectivity index (χ2v) is 6.75. The minimum absolute atomic E-state index is 0.00310. The number of halogens is 1. The van der Waals surface area contributed by atoms with Crippen molar-refractivity contribution in [3.8, 4) is 0 Å². The van der Waals surface area contributed by atoms with E-state index >= 15 is 0 Å². The summed E-state index contributed by atoms with van der Waals surface area (Å²) >= 11 is 0. The first-order valence-electron chi connectivity index (χ1n) is 8.63. The second kappa shape index (κ2) is 7.76. The van der Waals surface area contributed by atoms with Crippen molar-refractivity contribution in [2.24, 2.45) is 11.8 Å². The highest BCUT2D eigenvalue weighted by Crippen LogP contribution is 2.32. The van der Waals surface area contributed by atoms with Crippen LogP contribution in [0.15, 0.2) is 58.5 Å². The van der Waals surface area contributed by atoms with Crippen molar-refractivity contribution in [2.45, 2.75) is 59.8 Å². The molecule has 0 radical (unpaired) electrons. The van der Waals surface area contributed by atoms with Gasteiger partial charge in [-0.15, -0.1) is 0 Å². The van der Waals surface area contributed by atoms with Crippen LogP contribution in [0.25, 0.3) is 0 Å². The first kappa shape index (κ1) is 17.0. The van der Waals surface area contributed by atoms with Crippen molar-refractivity contribution in [1.82, 2.24) is 0 Å². The fraction of sp³-hybridized carbons (Fsp3) is 0.524. The third-order valence-electron chi connectivity index (χ3n) is 5.02. The highest BCUT2D eigenvalue weighted by atomic mass is 19.1. The zero-order valence-electron chi connectivity index (χ0n) is 14.5. The van der Waals surface area contributed by atoms with E-state index in [0.29, 0.717) is 5.92 Å². The summed E-state index contributed by atoms with van der Waals surface area (Å²) in [4.78, 5) is 0. The Morgan fingerprint density at radius 2 is 1.77 bits per heavy atom. The summed E-state index contributed by atoms with van der Waals surface area (Å²) < 4.78 is 14.2. The summed E-state index contributed by atoms with van der Waals surface area (Å²) in [6.45, 7) is 8.64. The van der Waals surface area contributed by atoms with Gasteiger partial charge in [-0.2, -0.15) is 0 Å². The van der Waals surface area contributed by atoms with Gasteiger partial charge in [0.1, 0.15) is 5.83 Å². The molecular formula is C21H29F. The van der Waals surface area contributed by atoms with Gasteiger partial charge in [0, 0.05) is 0 Å². The second-order valence-electron chi connectivity index (χ2n) is 6.75. The molecular weight excluding hydrogens is 271 g/mol. The molecule has 2 rings (SSSR count). The lowest BCUT2D eigenvalue weighted by Gasteiger charge is -2.20. The molecule has 2 unspecified atom stereocenters. The monoisotopic (exact) mass is 300 g/mol. The molecule has 2 aliphatic rings. The molecule has 0 aromatic rings. The number of hydrogen-bond acceptors (Lipinski definition) is 0. The van der Waals surface area contributed by atoms with E-state index in [1.165, 1.54) is 23.1 Å². The SMILES string of the molecule is CCC1=CC(F)=C(C(C)/C=C\C(C)C2=CC=C(C)CC2)CC1. The van der Waals surface area contributed by atoms with Gasteiger partial charge in [0.05, 0.1) is 0 Å². The van der Waals surface area contributed by atoms with Crippen LogP contribution < -0.4 is 0 Å². The van der Waals surface area contributed by atoms with Crippen LogP contribution in [0, 0.1) is 11.8 Å². The van der Waals surface area contributed by atoms with Gasteiger partial charge in [-0.1, -0.05) is 61.8 Å². The standard InChI is InChI=1S/C21H29F/c1-5-18-10-13-20(21(22)14-18)17(4)9-8-16(3)19-11-6-15(2)7-12-19/h6,8-9,11,14,16-17H,5,7,10,12-13H2,1-4H3/b9-8-. The first-order valence-corrected chi connectivity index (χ1v) is 8.63. The molecule has 0 saturated heterocycles. The minimum atomic E-state index is 0.00310. The Bertz CT molecular complexity index is 554. The van der Waals surface area contributed by atoms with Crippen LogP contribution in [-0.2, 0) is 0 Å². The molecule has 0 aromatic heterocycles. The maximum absolute atomic E-state index is 14.2. The molecule has 0 N–H and O–H groups in total. The van der Waals surface area contributed by atoms with Crippen molar-refractivity contribution < 1.29 is 4.39 Å². The molecule has 0 saturated carbocycles. The van der Waals surface area contributed by atoms with E-state index < -0.39 is 0 Å². The topological polar surface area (TPSA) is 0 Å². The number of rotatable bonds is 5. The lowest BCUT2D eigenvalue weighted by Crippen LogP contribution is -2.05. The maximum atomic E-state index is 14.2. The zero-order chi connectivity index (χ0) is 16.1. The van der Waals surface area contributed by atoms with Crippen LogP contribution >= 0.6 is 0 Å². The summed E-state index contributed by atoms with van der Waals surface area (Å²) in [6.07, 6.45) is 15.9. The molecule has 0 aromatic carbocycles. The quantitative estimate of drug-likeness (QED) is 0.488. The predicted molar refractivity (Wildman–Crippen MR) is 94.3 cm³/mol. The minimum Gasteiger partial charge on any atom is -0.207 e. The molecule has 0 nitrogen and oxygen atoms in total. The summed E-state index contributed by atoms with van der Waals surface area (Å²) in [5.74, 6) is 0.641. The molecule has 0 spiro atoms. The lowest BCUT2D eigenvalue weighted by molar-refractivity contribution is 0.594. The van der Waals surface area contributed by atoms with Crippen LogP contribution in [0.1, 0.15) is 59.8 Å². The van der Waals surface area contributed by atoms with Gasteiger partial charge in [0.2, 0.25) is 0 Å². The Morgan fingerprint density at radius 3 is 2.36 bits per heavy atom. The van der Waals surface area contributed by atoms with Gasteiger partial charge in [-0.25, -0.2) is 4.39 Å². The van der Waals surface area contributed by atoms with Crippen molar-refractivity contribution in [3.05, 3.63) is 58.5 Å². The Hall–Kier alpha value is -1.37. The van der Waals surface area contributed by atoms with Gasteiger partial charge >= 0.3 is 0 Å². The van der Waals surface area contributed by atoms with E-state index in [1.807, 2.05) is 0 Å². The molecule has 22 heavy (non-hydrogen) atoms. The van der Waals surface area contributed by atoms with Gasteiger partial charge in [-0.3, -0.25) is 0 Å². The van der Waals surface area contributed by atoms with Gasteiger partial charge in [0.25, 0.3) is 0 Å². The third kappa shape index (κ3) is 4.32. The summed E-state index contributed by atoms with van der Waals surface area (Å²) in [6, 6.07) is 0. The van der Waals surface area contributed by atoms with Crippen molar-refractivity contribution in [3.63, 3.8) is 0 Å². The van der Waals surface area contributed by atoms with Crippen LogP contribution in [0.2, 0.25) is 0 Å². The van der Waals surface area contributed by atoms with Gasteiger partial charge in [0.15, 0.2) is 0 Å². The average Bonchev–Trinajstić information content (AvgIpc) is 2.52. The largest absolute Gasteiger partial charge is 0.207 e. The van der Waals surface area contributed by atoms with E-state index in [2.05, 4.69) is 52.0 Å². The molecule has 0 aliphatic heterocycles. The molecule has 0 amide bonds. The zero-order valence-corrected chi connectivity index (χ0v) is 14.5. The summed E-state index contributed by atoms with van der Waals surface area (Å²) in [5.41, 5.74) is 5.15. The molecule has 0 heterocycles. The Morgan fingerprint density at radius 1 is 1.05 bits per heavy atom. The molecule has 120 valence electrons. The van der Waals surface area contributed by atoms with Crippen molar-refractivity contribution >= 4 is 0 Å². The van der Waals surface area contributed by atoms with Crippen molar-refractivity contribution in [2.75, 3.05) is 0 Å². The Labute approximate surface area is 135 Å². The van der Waals surface area contributed by atoms with E-state index in [9.17, 15) is 4.39 Å². The van der Waals surface area contributed by atoms with E-state index in [0.717, 1.165) is 31.3 Å². The highest BCUT2D eigenvalue weighted by Gasteiger charge is 2.17. The maximum Gasteiger partial charge on any atom is 0.122 e. The normalized spacial score (nSPS) is 22.3. The average molecular weight is 300 g/mol. The highest BCUT2D eigenvalue weighted by molar-refractivity contribution is 5.32. The van der Waals surface area contributed by atoms with Gasteiger partial charge < -0.3 is 0 Å². The fourth-order valence-electron chi connectivity index (χ4n) is 3.19. The molecule has 2 aliphatic carbocycles. The number of hydrogen-bond donors (Lipinski definition) is 0. The molecule has 1 heteroatoms. The molecule has 0 fully saturated rings. The molecule has 0 bridgehead atoms. The van der Waals surface area contributed by atoms with Gasteiger partial charge in [-0.05, 0) is 62.5 Å². The van der Waals surface area contributed by atoms with E-state index in [1.54, 1.807) is 6.08 Å². The lowest BCUT2D eigenvalue weighted by atomic mass is 9.86. The van der Waals surface area contributed by atoms with Crippen LogP contribution in [0.5, 0.6) is 0 Å². The smallest absolute Gasteiger partial charge is 0.122 e. The first-order chi connectivity index (χ1) is 10.5. The van der Waals surface area contributed by atoms with Crippen LogP contribution in [0.3, 0.4) is 0 Å².